The van der Waals surface area contributed by atoms with E-state index in [0.717, 1.165) is 24.2 Å². The molecule has 110 valence electrons. The summed E-state index contributed by atoms with van der Waals surface area (Å²) in [5.74, 6) is 0.541. The van der Waals surface area contributed by atoms with Gasteiger partial charge >= 0.3 is 5.97 Å². The summed E-state index contributed by atoms with van der Waals surface area (Å²) in [5.41, 5.74) is 1.80. The van der Waals surface area contributed by atoms with Crippen molar-refractivity contribution in [1.29, 1.82) is 0 Å². The first-order chi connectivity index (χ1) is 10.2. The fourth-order valence-electron chi connectivity index (χ4n) is 2.43. The minimum Gasteiger partial charge on any atom is -0.493 e. The van der Waals surface area contributed by atoms with Crippen LogP contribution in [0.3, 0.4) is 0 Å². The first-order valence-corrected chi connectivity index (χ1v) is 6.69. The molecular formula is C15H16N2O4. The van der Waals surface area contributed by atoms with E-state index in [1.165, 1.54) is 6.20 Å². The standard InChI is InChI=1S/C15H16N2O4/c1-20-12-6-5-10(7-13(12)21-2)17-14(9-3-4-9)11(8-16-17)15(18)19/h5-9H,3-4H2,1-2H3,(H,18,19). The largest absolute Gasteiger partial charge is 0.493 e. The molecule has 0 aliphatic heterocycles. The molecule has 0 unspecified atom stereocenters. The molecule has 6 nitrogen and oxygen atoms in total. The molecule has 3 rings (SSSR count). The van der Waals surface area contributed by atoms with Crippen molar-refractivity contribution in [3.05, 3.63) is 35.7 Å². The zero-order valence-corrected chi connectivity index (χ0v) is 11.9. The van der Waals surface area contributed by atoms with Crippen molar-refractivity contribution in [1.82, 2.24) is 9.78 Å². The maximum absolute atomic E-state index is 11.3. The molecule has 2 aromatic rings. The highest BCUT2D eigenvalue weighted by Crippen LogP contribution is 2.43. The smallest absolute Gasteiger partial charge is 0.339 e. The number of ether oxygens (including phenoxy) is 2. The highest BCUT2D eigenvalue weighted by atomic mass is 16.5. The highest BCUT2D eigenvalue weighted by molar-refractivity contribution is 5.89. The summed E-state index contributed by atoms with van der Waals surface area (Å²) in [4.78, 5) is 11.3. The highest BCUT2D eigenvalue weighted by Gasteiger charge is 2.33. The second-order valence-electron chi connectivity index (χ2n) is 4.97. The Kier molecular flexibility index (Phi) is 3.29. The topological polar surface area (TPSA) is 73.6 Å². The van der Waals surface area contributed by atoms with Crippen molar-refractivity contribution in [3.8, 4) is 17.2 Å². The van der Waals surface area contributed by atoms with Crippen LogP contribution >= 0.6 is 0 Å². The number of benzene rings is 1. The van der Waals surface area contributed by atoms with E-state index < -0.39 is 5.97 Å². The van der Waals surface area contributed by atoms with Gasteiger partial charge in [-0.15, -0.1) is 0 Å². The molecular weight excluding hydrogens is 272 g/mol. The number of hydrogen-bond acceptors (Lipinski definition) is 4. The number of carbonyl (C=O) groups is 1. The summed E-state index contributed by atoms with van der Waals surface area (Å²) >= 11 is 0. The van der Waals surface area contributed by atoms with Crippen LogP contribution in [0.15, 0.2) is 24.4 Å². The molecule has 1 aliphatic rings. The van der Waals surface area contributed by atoms with Crippen LogP contribution in [0, 0.1) is 0 Å². The van der Waals surface area contributed by atoms with Gasteiger partial charge in [-0.1, -0.05) is 0 Å². The van der Waals surface area contributed by atoms with E-state index in [9.17, 15) is 9.90 Å². The van der Waals surface area contributed by atoms with E-state index in [1.807, 2.05) is 6.07 Å². The van der Waals surface area contributed by atoms with Crippen LogP contribution in [0.2, 0.25) is 0 Å². The number of carboxylic acids is 1. The van der Waals surface area contributed by atoms with Crippen molar-refractivity contribution >= 4 is 5.97 Å². The minimum atomic E-state index is -0.941. The number of hydrogen-bond donors (Lipinski definition) is 1. The molecule has 0 atom stereocenters. The summed E-state index contributed by atoms with van der Waals surface area (Å²) in [7, 11) is 3.14. The second kappa shape index (κ2) is 5.12. The molecule has 6 heteroatoms. The van der Waals surface area contributed by atoms with E-state index >= 15 is 0 Å². The van der Waals surface area contributed by atoms with Gasteiger partial charge in [-0.2, -0.15) is 5.10 Å². The maximum atomic E-state index is 11.3. The van der Waals surface area contributed by atoms with Gasteiger partial charge in [0, 0.05) is 12.0 Å². The molecule has 1 saturated carbocycles. The summed E-state index contributed by atoms with van der Waals surface area (Å²) in [6, 6.07) is 5.42. The maximum Gasteiger partial charge on any atom is 0.339 e. The van der Waals surface area contributed by atoms with E-state index in [4.69, 9.17) is 9.47 Å². The van der Waals surface area contributed by atoms with E-state index in [1.54, 1.807) is 31.0 Å². The van der Waals surface area contributed by atoms with Crippen molar-refractivity contribution in [2.45, 2.75) is 18.8 Å². The lowest BCUT2D eigenvalue weighted by Crippen LogP contribution is -2.06. The number of nitrogens with zero attached hydrogens (tertiary/aromatic N) is 2. The van der Waals surface area contributed by atoms with Crippen molar-refractivity contribution in [2.24, 2.45) is 0 Å². The number of aromatic nitrogens is 2. The molecule has 0 bridgehead atoms. The molecule has 0 amide bonds. The first kappa shape index (κ1) is 13.5. The molecule has 1 N–H and O–H groups in total. The Hall–Kier alpha value is -2.50. The Bertz CT molecular complexity index is 689. The average molecular weight is 288 g/mol. The Morgan fingerprint density at radius 3 is 2.57 bits per heavy atom. The Morgan fingerprint density at radius 2 is 2.00 bits per heavy atom. The molecule has 0 saturated heterocycles. The molecule has 21 heavy (non-hydrogen) atoms. The van der Waals surface area contributed by atoms with Gasteiger partial charge in [-0.25, -0.2) is 9.48 Å². The Balaban J connectivity index is 2.10. The van der Waals surface area contributed by atoms with Crippen LogP contribution < -0.4 is 9.47 Å². The number of rotatable bonds is 5. The van der Waals surface area contributed by atoms with Gasteiger partial charge in [0.15, 0.2) is 11.5 Å². The van der Waals surface area contributed by atoms with Crippen LogP contribution in [0.25, 0.3) is 5.69 Å². The van der Waals surface area contributed by atoms with Crippen LogP contribution in [0.1, 0.15) is 34.8 Å². The van der Waals surface area contributed by atoms with Gasteiger partial charge < -0.3 is 14.6 Å². The van der Waals surface area contributed by atoms with Crippen LogP contribution in [-0.2, 0) is 0 Å². The summed E-state index contributed by atoms with van der Waals surface area (Å²) in [5, 5.41) is 13.5. The molecule has 0 spiro atoms. The quantitative estimate of drug-likeness (QED) is 0.915. The lowest BCUT2D eigenvalue weighted by molar-refractivity contribution is 0.0695. The summed E-state index contributed by atoms with van der Waals surface area (Å²) < 4.78 is 12.2. The Labute approximate surface area is 121 Å². The molecule has 1 fully saturated rings. The van der Waals surface area contributed by atoms with Gasteiger partial charge in [0.2, 0.25) is 0 Å². The lowest BCUT2D eigenvalue weighted by Gasteiger charge is -2.12. The van der Waals surface area contributed by atoms with E-state index in [-0.39, 0.29) is 11.5 Å². The lowest BCUT2D eigenvalue weighted by atomic mass is 10.1. The van der Waals surface area contributed by atoms with Crippen molar-refractivity contribution in [2.75, 3.05) is 14.2 Å². The minimum absolute atomic E-state index is 0.270. The fourth-order valence-corrected chi connectivity index (χ4v) is 2.43. The number of carboxylic acid groups (broad SMARTS) is 1. The molecule has 0 radical (unpaired) electrons. The molecule has 1 aliphatic carbocycles. The van der Waals surface area contributed by atoms with Crippen LogP contribution in [0.5, 0.6) is 11.5 Å². The van der Waals surface area contributed by atoms with Gasteiger partial charge in [0.05, 0.1) is 31.8 Å². The zero-order valence-electron chi connectivity index (χ0n) is 11.9. The van der Waals surface area contributed by atoms with Gasteiger partial charge in [0.1, 0.15) is 5.56 Å². The van der Waals surface area contributed by atoms with Crippen molar-refractivity contribution in [3.63, 3.8) is 0 Å². The van der Waals surface area contributed by atoms with E-state index in [2.05, 4.69) is 5.10 Å². The second-order valence-corrected chi connectivity index (χ2v) is 4.97. The fraction of sp³-hybridized carbons (Fsp3) is 0.333. The summed E-state index contributed by atoms with van der Waals surface area (Å²) in [6.45, 7) is 0. The monoisotopic (exact) mass is 288 g/mol. The van der Waals surface area contributed by atoms with Gasteiger partial charge in [0.25, 0.3) is 0 Å². The first-order valence-electron chi connectivity index (χ1n) is 6.69. The predicted octanol–water partition coefficient (Wildman–Crippen LogP) is 2.47. The van der Waals surface area contributed by atoms with Crippen LogP contribution in [-0.4, -0.2) is 35.1 Å². The van der Waals surface area contributed by atoms with E-state index in [0.29, 0.717) is 11.5 Å². The summed E-state index contributed by atoms with van der Waals surface area (Å²) in [6.07, 6.45) is 3.41. The van der Waals surface area contributed by atoms with Gasteiger partial charge in [-0.3, -0.25) is 0 Å². The normalized spacial score (nSPS) is 14.0. The molecule has 1 aromatic carbocycles. The Morgan fingerprint density at radius 1 is 1.29 bits per heavy atom. The predicted molar refractivity (Wildman–Crippen MR) is 75.6 cm³/mol. The van der Waals surface area contributed by atoms with Gasteiger partial charge in [-0.05, 0) is 25.0 Å². The zero-order chi connectivity index (χ0) is 15.0. The molecule has 1 aromatic heterocycles. The van der Waals surface area contributed by atoms with Crippen LogP contribution in [0.4, 0.5) is 0 Å². The number of aromatic carboxylic acids is 1. The number of methoxy groups -OCH3 is 2. The SMILES string of the molecule is COc1ccc(-n2ncc(C(=O)O)c2C2CC2)cc1OC. The molecule has 1 heterocycles. The third-order valence-electron chi connectivity index (χ3n) is 3.61. The third-order valence-corrected chi connectivity index (χ3v) is 3.61. The average Bonchev–Trinajstić information content (AvgIpc) is 3.24. The van der Waals surface area contributed by atoms with Crippen molar-refractivity contribution < 1.29 is 19.4 Å². The third kappa shape index (κ3) is 2.33.